The van der Waals surface area contributed by atoms with Crippen LogP contribution >= 0.6 is 0 Å². The molecule has 1 heterocycles. The van der Waals surface area contributed by atoms with Gasteiger partial charge in [-0.25, -0.2) is 0 Å². The number of amidine groups is 1. The van der Waals surface area contributed by atoms with Crippen molar-refractivity contribution in [3.8, 4) is 0 Å². The summed E-state index contributed by atoms with van der Waals surface area (Å²) < 4.78 is 0. The van der Waals surface area contributed by atoms with Crippen LogP contribution < -0.4 is 5.32 Å². The minimum Gasteiger partial charge on any atom is -0.357 e. The van der Waals surface area contributed by atoms with Crippen molar-refractivity contribution >= 4 is 11.7 Å². The number of carbonyl (C=O) groups excluding carboxylic acids is 1. The molecule has 0 unspecified atom stereocenters. The number of amides is 1. The van der Waals surface area contributed by atoms with Gasteiger partial charge in [0.25, 0.3) is 0 Å². The minimum atomic E-state index is 0.221. The number of rotatable bonds is 19. The predicted octanol–water partition coefficient (Wildman–Crippen LogP) is 6.10. The molecule has 1 rings (SSSR count). The summed E-state index contributed by atoms with van der Waals surface area (Å²) in [6, 6.07) is 0. The lowest BCUT2D eigenvalue weighted by molar-refractivity contribution is -0.121. The zero-order chi connectivity index (χ0) is 20.3. The first-order valence-corrected chi connectivity index (χ1v) is 12.3. The van der Waals surface area contributed by atoms with Crippen molar-refractivity contribution in [1.82, 2.24) is 10.2 Å². The lowest BCUT2D eigenvalue weighted by Crippen LogP contribution is -2.36. The number of unbranched alkanes of at least 4 members (excludes halogenated alkanes) is 12. The lowest BCUT2D eigenvalue weighted by atomic mass is 10.1. The summed E-state index contributed by atoms with van der Waals surface area (Å²) in [7, 11) is 0. The summed E-state index contributed by atoms with van der Waals surface area (Å²) >= 11 is 0. The smallest absolute Gasteiger partial charge is 0.220 e. The van der Waals surface area contributed by atoms with E-state index in [9.17, 15) is 4.79 Å². The molecule has 0 saturated carbocycles. The van der Waals surface area contributed by atoms with Crippen LogP contribution in [0.5, 0.6) is 0 Å². The van der Waals surface area contributed by atoms with Gasteiger partial charge in [-0.1, -0.05) is 90.9 Å². The van der Waals surface area contributed by atoms with Crippen molar-refractivity contribution in [2.75, 3.05) is 26.2 Å². The van der Waals surface area contributed by atoms with E-state index in [1.807, 2.05) is 0 Å². The second-order valence-electron chi connectivity index (χ2n) is 8.38. The fourth-order valence-electron chi connectivity index (χ4n) is 3.91. The quantitative estimate of drug-likeness (QED) is 0.270. The van der Waals surface area contributed by atoms with Gasteiger partial charge in [-0.15, -0.1) is 0 Å². The van der Waals surface area contributed by atoms with Crippen molar-refractivity contribution in [2.45, 2.75) is 117 Å². The van der Waals surface area contributed by atoms with Crippen LogP contribution in [-0.4, -0.2) is 42.8 Å². The fraction of sp³-hybridized carbons (Fsp3) is 0.917. The molecule has 164 valence electrons. The molecule has 1 amide bonds. The van der Waals surface area contributed by atoms with E-state index in [2.05, 4.69) is 29.1 Å². The Hall–Kier alpha value is -1.06. The highest BCUT2D eigenvalue weighted by Gasteiger charge is 2.16. The van der Waals surface area contributed by atoms with Crippen molar-refractivity contribution in [2.24, 2.45) is 4.99 Å². The molecular formula is C24H47N3O. The van der Waals surface area contributed by atoms with Crippen LogP contribution in [0.15, 0.2) is 4.99 Å². The Morgan fingerprint density at radius 3 is 2.07 bits per heavy atom. The highest BCUT2D eigenvalue weighted by atomic mass is 16.1. The van der Waals surface area contributed by atoms with Crippen LogP contribution in [0.1, 0.15) is 117 Å². The summed E-state index contributed by atoms with van der Waals surface area (Å²) in [5.74, 6) is 1.49. The first-order chi connectivity index (χ1) is 13.8. The molecule has 0 aromatic rings. The second kappa shape index (κ2) is 18.0. The van der Waals surface area contributed by atoms with Gasteiger partial charge in [-0.2, -0.15) is 0 Å². The van der Waals surface area contributed by atoms with Crippen molar-refractivity contribution in [1.29, 1.82) is 0 Å². The van der Waals surface area contributed by atoms with Crippen molar-refractivity contribution in [3.05, 3.63) is 0 Å². The van der Waals surface area contributed by atoms with E-state index in [4.69, 9.17) is 0 Å². The highest BCUT2D eigenvalue weighted by molar-refractivity contribution is 5.83. The zero-order valence-electron chi connectivity index (χ0n) is 18.9. The molecule has 0 saturated heterocycles. The van der Waals surface area contributed by atoms with E-state index in [-0.39, 0.29) is 5.91 Å². The Bertz CT molecular complexity index is 409. The number of aliphatic imine (C=N–C) groups is 1. The molecule has 0 atom stereocenters. The van der Waals surface area contributed by atoms with Crippen LogP contribution in [0, 0.1) is 0 Å². The van der Waals surface area contributed by atoms with Gasteiger partial charge in [-0.05, 0) is 12.8 Å². The summed E-state index contributed by atoms with van der Waals surface area (Å²) in [6.07, 6.45) is 20.0. The number of nitrogens with one attached hydrogen (secondary N) is 1. The number of nitrogens with zero attached hydrogens (tertiary/aromatic N) is 2. The van der Waals surface area contributed by atoms with Crippen LogP contribution in [0.2, 0.25) is 0 Å². The third-order valence-electron chi connectivity index (χ3n) is 5.74. The first-order valence-electron chi connectivity index (χ1n) is 12.3. The van der Waals surface area contributed by atoms with Crippen LogP contribution in [0.4, 0.5) is 0 Å². The lowest BCUT2D eigenvalue weighted by Gasteiger charge is -2.20. The van der Waals surface area contributed by atoms with Crippen molar-refractivity contribution in [3.63, 3.8) is 0 Å². The van der Waals surface area contributed by atoms with Crippen LogP contribution in [0.25, 0.3) is 0 Å². The molecule has 0 aliphatic carbocycles. The molecule has 1 aliphatic heterocycles. The monoisotopic (exact) mass is 393 g/mol. The van der Waals surface area contributed by atoms with Gasteiger partial charge >= 0.3 is 0 Å². The summed E-state index contributed by atoms with van der Waals surface area (Å²) in [5.41, 5.74) is 0. The molecule has 0 bridgehead atoms. The van der Waals surface area contributed by atoms with Gasteiger partial charge in [0.05, 0.1) is 12.4 Å². The summed E-state index contributed by atoms with van der Waals surface area (Å²) in [6.45, 7) is 8.14. The van der Waals surface area contributed by atoms with E-state index >= 15 is 0 Å². The Labute approximate surface area is 174 Å². The number of hydrogen-bond donors (Lipinski definition) is 1. The van der Waals surface area contributed by atoms with Gasteiger partial charge < -0.3 is 10.2 Å². The predicted molar refractivity (Wildman–Crippen MR) is 122 cm³/mol. The molecule has 4 nitrogen and oxygen atoms in total. The normalized spacial score (nSPS) is 13.8. The van der Waals surface area contributed by atoms with Crippen LogP contribution in [0.3, 0.4) is 0 Å². The second-order valence-corrected chi connectivity index (χ2v) is 8.38. The maximum Gasteiger partial charge on any atom is 0.220 e. The maximum atomic E-state index is 12.0. The van der Waals surface area contributed by atoms with Gasteiger partial charge in [0.2, 0.25) is 5.91 Å². The van der Waals surface area contributed by atoms with Gasteiger partial charge in [0.1, 0.15) is 0 Å². The Balaban J connectivity index is 1.98. The average molecular weight is 394 g/mol. The SMILES string of the molecule is CCCCCCCCCC(=O)NCCN1CCN=C1CCCCCCCCC. The van der Waals surface area contributed by atoms with E-state index in [1.165, 1.54) is 89.3 Å². The summed E-state index contributed by atoms with van der Waals surface area (Å²) in [5, 5.41) is 3.10. The molecule has 0 aromatic carbocycles. The summed E-state index contributed by atoms with van der Waals surface area (Å²) in [4.78, 5) is 19.1. The van der Waals surface area contributed by atoms with E-state index < -0.39 is 0 Å². The zero-order valence-corrected chi connectivity index (χ0v) is 18.9. The fourth-order valence-corrected chi connectivity index (χ4v) is 3.91. The molecule has 28 heavy (non-hydrogen) atoms. The van der Waals surface area contributed by atoms with Gasteiger partial charge in [-0.3, -0.25) is 9.79 Å². The molecule has 0 radical (unpaired) electrons. The molecule has 0 spiro atoms. The highest BCUT2D eigenvalue weighted by Crippen LogP contribution is 2.12. The molecule has 1 N–H and O–H groups in total. The molecule has 0 fully saturated rings. The third-order valence-corrected chi connectivity index (χ3v) is 5.74. The maximum absolute atomic E-state index is 12.0. The minimum absolute atomic E-state index is 0.221. The molecule has 4 heteroatoms. The van der Waals surface area contributed by atoms with Crippen LogP contribution in [-0.2, 0) is 4.79 Å². The van der Waals surface area contributed by atoms with Gasteiger partial charge in [0, 0.05) is 32.5 Å². The Kier molecular flexibility index (Phi) is 16.1. The third kappa shape index (κ3) is 13.2. The topological polar surface area (TPSA) is 44.7 Å². The standard InChI is InChI=1S/C24H47N3O/c1-3-5-7-9-11-13-15-17-23-25-19-21-27(23)22-20-26-24(28)18-16-14-12-10-8-6-4-2/h3-22H2,1-2H3,(H,26,28). The molecule has 0 aromatic heterocycles. The Morgan fingerprint density at radius 1 is 0.857 bits per heavy atom. The number of hydrogen-bond acceptors (Lipinski definition) is 3. The molecular weight excluding hydrogens is 346 g/mol. The first kappa shape index (κ1) is 25.0. The van der Waals surface area contributed by atoms with E-state index in [0.717, 1.165) is 39.0 Å². The average Bonchev–Trinajstić information content (AvgIpc) is 3.14. The Morgan fingerprint density at radius 2 is 1.43 bits per heavy atom. The largest absolute Gasteiger partial charge is 0.357 e. The molecule has 1 aliphatic rings. The number of carbonyl (C=O) groups is 1. The van der Waals surface area contributed by atoms with E-state index in [0.29, 0.717) is 6.42 Å². The van der Waals surface area contributed by atoms with Crippen molar-refractivity contribution < 1.29 is 4.79 Å². The van der Waals surface area contributed by atoms with E-state index in [1.54, 1.807) is 0 Å². The van der Waals surface area contributed by atoms with Gasteiger partial charge in [0.15, 0.2) is 0 Å².